The molecule has 2 nitrogen and oxygen atoms in total. The van der Waals surface area contributed by atoms with Crippen LogP contribution in [-0.4, -0.2) is 36.6 Å². The van der Waals surface area contributed by atoms with Crippen molar-refractivity contribution in [2.75, 3.05) is 19.6 Å². The summed E-state index contributed by atoms with van der Waals surface area (Å²) in [5.41, 5.74) is 0. The molecule has 1 aliphatic carbocycles. The van der Waals surface area contributed by atoms with Crippen LogP contribution in [0.25, 0.3) is 0 Å². The Morgan fingerprint density at radius 3 is 2.18 bits per heavy atom. The number of nitrogens with one attached hydrogen (secondary N) is 1. The van der Waals surface area contributed by atoms with Gasteiger partial charge in [0.25, 0.3) is 0 Å². The van der Waals surface area contributed by atoms with E-state index in [0.717, 1.165) is 37.0 Å². The maximum Gasteiger partial charge on any atom is 0.0246 e. The van der Waals surface area contributed by atoms with Gasteiger partial charge < -0.3 is 5.32 Å². The zero-order chi connectivity index (χ0) is 12.8. The van der Waals surface area contributed by atoms with Gasteiger partial charge in [0.1, 0.15) is 0 Å². The average molecular weight is 240 g/mol. The van der Waals surface area contributed by atoms with Crippen LogP contribution >= 0.6 is 0 Å². The lowest BCUT2D eigenvalue weighted by Crippen LogP contribution is -2.47. The smallest absolute Gasteiger partial charge is 0.0246 e. The summed E-state index contributed by atoms with van der Waals surface area (Å²) in [5, 5.41) is 3.65. The Labute approximate surface area is 108 Å². The fourth-order valence-electron chi connectivity index (χ4n) is 2.54. The number of hydrogen-bond donors (Lipinski definition) is 1. The molecule has 17 heavy (non-hydrogen) atoms. The van der Waals surface area contributed by atoms with Gasteiger partial charge in [-0.05, 0) is 44.2 Å². The van der Waals surface area contributed by atoms with Crippen molar-refractivity contribution < 1.29 is 0 Å². The van der Waals surface area contributed by atoms with Gasteiger partial charge in [0.15, 0.2) is 0 Å². The third kappa shape index (κ3) is 5.39. The van der Waals surface area contributed by atoms with E-state index in [2.05, 4.69) is 44.8 Å². The minimum atomic E-state index is 0.723. The monoisotopic (exact) mass is 240 g/mol. The molecular formula is C15H32N2. The van der Waals surface area contributed by atoms with E-state index in [4.69, 9.17) is 0 Å². The highest BCUT2D eigenvalue weighted by molar-refractivity contribution is 4.90. The summed E-state index contributed by atoms with van der Waals surface area (Å²) in [7, 11) is 0. The van der Waals surface area contributed by atoms with E-state index < -0.39 is 0 Å². The molecular weight excluding hydrogens is 208 g/mol. The third-order valence-electron chi connectivity index (χ3n) is 3.60. The molecule has 1 fully saturated rings. The van der Waals surface area contributed by atoms with Crippen LogP contribution in [0.3, 0.4) is 0 Å². The Bertz CT molecular complexity index is 197. The fourth-order valence-corrected chi connectivity index (χ4v) is 2.54. The highest BCUT2D eigenvalue weighted by Gasteiger charge is 2.34. The minimum absolute atomic E-state index is 0.723. The molecule has 0 aromatic carbocycles. The Hall–Kier alpha value is -0.0800. The van der Waals surface area contributed by atoms with Crippen LogP contribution in [-0.2, 0) is 0 Å². The second-order valence-electron chi connectivity index (χ2n) is 6.33. The summed E-state index contributed by atoms with van der Waals surface area (Å²) in [4.78, 5) is 2.76. The van der Waals surface area contributed by atoms with Crippen LogP contribution in [0.1, 0.15) is 53.9 Å². The first-order valence-corrected chi connectivity index (χ1v) is 7.52. The van der Waals surface area contributed by atoms with E-state index >= 15 is 0 Å². The van der Waals surface area contributed by atoms with Gasteiger partial charge >= 0.3 is 0 Å². The standard InChI is InChI=1S/C15H32N2/c1-6-9-17(14-7-8-14)15(13(4)5)11-16-10-12(2)3/h12-16H,6-11H2,1-5H3. The van der Waals surface area contributed by atoms with Crippen molar-refractivity contribution >= 4 is 0 Å². The predicted molar refractivity (Wildman–Crippen MR) is 76.4 cm³/mol. The van der Waals surface area contributed by atoms with Crippen LogP contribution in [0.2, 0.25) is 0 Å². The molecule has 102 valence electrons. The van der Waals surface area contributed by atoms with Gasteiger partial charge in [0.2, 0.25) is 0 Å². The van der Waals surface area contributed by atoms with Gasteiger partial charge in [-0.15, -0.1) is 0 Å². The summed E-state index contributed by atoms with van der Waals surface area (Å²) in [6, 6.07) is 1.62. The first kappa shape index (κ1) is 15.0. The molecule has 0 heterocycles. The molecule has 1 aliphatic rings. The Balaban J connectivity index is 2.44. The molecule has 0 aromatic rings. The van der Waals surface area contributed by atoms with Gasteiger partial charge in [0.05, 0.1) is 0 Å². The molecule has 1 rings (SSSR count). The van der Waals surface area contributed by atoms with Crippen LogP contribution < -0.4 is 5.32 Å². The minimum Gasteiger partial charge on any atom is -0.315 e. The molecule has 0 saturated heterocycles. The first-order chi connectivity index (χ1) is 8.06. The van der Waals surface area contributed by atoms with Crippen LogP contribution in [0.15, 0.2) is 0 Å². The highest BCUT2D eigenvalue weighted by atomic mass is 15.2. The van der Waals surface area contributed by atoms with Crippen molar-refractivity contribution in [1.82, 2.24) is 10.2 Å². The molecule has 0 aromatic heterocycles. The molecule has 1 saturated carbocycles. The largest absolute Gasteiger partial charge is 0.315 e. The van der Waals surface area contributed by atoms with Crippen molar-refractivity contribution in [2.45, 2.75) is 66.0 Å². The quantitative estimate of drug-likeness (QED) is 0.666. The summed E-state index contributed by atoms with van der Waals surface area (Å²) >= 11 is 0. The third-order valence-corrected chi connectivity index (χ3v) is 3.60. The van der Waals surface area contributed by atoms with Gasteiger partial charge in [-0.3, -0.25) is 4.90 Å². The van der Waals surface area contributed by atoms with E-state index in [-0.39, 0.29) is 0 Å². The maximum atomic E-state index is 3.65. The Kier molecular flexibility index (Phi) is 6.50. The summed E-state index contributed by atoms with van der Waals surface area (Å²) < 4.78 is 0. The summed E-state index contributed by atoms with van der Waals surface area (Å²) in [6.07, 6.45) is 4.13. The van der Waals surface area contributed by atoms with Crippen molar-refractivity contribution in [3.8, 4) is 0 Å². The van der Waals surface area contributed by atoms with Crippen molar-refractivity contribution in [3.63, 3.8) is 0 Å². The van der Waals surface area contributed by atoms with E-state index in [1.54, 1.807) is 0 Å². The van der Waals surface area contributed by atoms with Gasteiger partial charge in [0, 0.05) is 18.6 Å². The van der Waals surface area contributed by atoms with E-state index in [9.17, 15) is 0 Å². The average Bonchev–Trinajstić information content (AvgIpc) is 3.04. The first-order valence-electron chi connectivity index (χ1n) is 7.52. The number of rotatable bonds is 9. The molecule has 0 spiro atoms. The highest BCUT2D eigenvalue weighted by Crippen LogP contribution is 2.30. The topological polar surface area (TPSA) is 15.3 Å². The molecule has 0 radical (unpaired) electrons. The fraction of sp³-hybridized carbons (Fsp3) is 1.00. The SMILES string of the molecule is CCCN(C1CC1)C(CNCC(C)C)C(C)C. The lowest BCUT2D eigenvalue weighted by Gasteiger charge is -2.35. The predicted octanol–water partition coefficient (Wildman–Crippen LogP) is 3.13. The molecule has 1 unspecified atom stereocenters. The zero-order valence-corrected chi connectivity index (χ0v) is 12.5. The summed E-state index contributed by atoms with van der Waals surface area (Å²) in [5.74, 6) is 1.50. The number of hydrogen-bond acceptors (Lipinski definition) is 2. The van der Waals surface area contributed by atoms with Gasteiger partial charge in [-0.1, -0.05) is 34.6 Å². The van der Waals surface area contributed by atoms with Crippen LogP contribution in [0, 0.1) is 11.8 Å². The number of nitrogens with zero attached hydrogens (tertiary/aromatic N) is 1. The van der Waals surface area contributed by atoms with E-state index in [0.29, 0.717) is 0 Å². The molecule has 0 bridgehead atoms. The van der Waals surface area contributed by atoms with Crippen molar-refractivity contribution in [3.05, 3.63) is 0 Å². The second-order valence-corrected chi connectivity index (χ2v) is 6.33. The van der Waals surface area contributed by atoms with Crippen molar-refractivity contribution in [1.29, 1.82) is 0 Å². The zero-order valence-electron chi connectivity index (χ0n) is 12.5. The van der Waals surface area contributed by atoms with Gasteiger partial charge in [-0.2, -0.15) is 0 Å². The Morgan fingerprint density at radius 1 is 1.12 bits per heavy atom. The van der Waals surface area contributed by atoms with Crippen molar-refractivity contribution in [2.24, 2.45) is 11.8 Å². The molecule has 0 aliphatic heterocycles. The van der Waals surface area contributed by atoms with E-state index in [1.807, 2.05) is 0 Å². The van der Waals surface area contributed by atoms with Crippen LogP contribution in [0.5, 0.6) is 0 Å². The Morgan fingerprint density at radius 2 is 1.76 bits per heavy atom. The normalized spacial score (nSPS) is 18.4. The second kappa shape index (κ2) is 7.38. The van der Waals surface area contributed by atoms with E-state index in [1.165, 1.54) is 25.8 Å². The molecule has 2 heteroatoms. The molecule has 1 atom stereocenters. The summed E-state index contributed by atoms with van der Waals surface area (Å²) in [6.45, 7) is 15.2. The van der Waals surface area contributed by atoms with Crippen LogP contribution in [0.4, 0.5) is 0 Å². The van der Waals surface area contributed by atoms with Gasteiger partial charge in [-0.25, -0.2) is 0 Å². The molecule has 1 N–H and O–H groups in total. The molecule has 0 amide bonds. The lowest BCUT2D eigenvalue weighted by molar-refractivity contribution is 0.141. The maximum absolute atomic E-state index is 3.65. The lowest BCUT2D eigenvalue weighted by atomic mass is 10.0.